The minimum Gasteiger partial charge on any atom is -0.495 e. The summed E-state index contributed by atoms with van der Waals surface area (Å²) in [7, 11) is 0. The van der Waals surface area contributed by atoms with E-state index in [1.165, 1.54) is 6.26 Å². The van der Waals surface area contributed by atoms with Gasteiger partial charge in [-0.2, -0.15) is 0 Å². The highest BCUT2D eigenvalue weighted by atomic mass is 16.7. The summed E-state index contributed by atoms with van der Waals surface area (Å²) in [4.78, 5) is 0. The fourth-order valence-corrected chi connectivity index (χ4v) is 3.59. The zero-order valence-electron chi connectivity index (χ0n) is 15.8. The van der Waals surface area contributed by atoms with Gasteiger partial charge < -0.3 is 44.1 Å². The van der Waals surface area contributed by atoms with E-state index in [4.69, 9.17) is 23.7 Å². The van der Waals surface area contributed by atoms with Crippen LogP contribution >= 0.6 is 0 Å². The average Bonchev–Trinajstić information content (AvgIpc) is 2.58. The van der Waals surface area contributed by atoms with Crippen molar-refractivity contribution in [2.75, 3.05) is 0 Å². The molecule has 10 unspecified atom stereocenters. The molecule has 2 saturated heterocycles. The zero-order valence-corrected chi connectivity index (χ0v) is 15.8. The maximum atomic E-state index is 10.5. The molecular formula is C18H30O9. The van der Waals surface area contributed by atoms with Crippen LogP contribution in [0.2, 0.25) is 0 Å². The summed E-state index contributed by atoms with van der Waals surface area (Å²) in [5.41, 5.74) is 0. The third kappa shape index (κ3) is 4.92. The molecule has 0 aliphatic carbocycles. The number of aliphatic hydroxyl groups excluding tert-OH is 4. The molecule has 9 nitrogen and oxygen atoms in total. The molecule has 10 atom stereocenters. The fraction of sp³-hybridized carbons (Fsp3) is 0.889. The van der Waals surface area contributed by atoms with Crippen LogP contribution in [0.3, 0.4) is 0 Å². The molecule has 2 fully saturated rings. The van der Waals surface area contributed by atoms with Crippen LogP contribution in [0.1, 0.15) is 40.0 Å². The van der Waals surface area contributed by atoms with Crippen molar-refractivity contribution in [3.63, 3.8) is 0 Å². The molecule has 156 valence electrons. The Kier molecular flexibility index (Phi) is 6.62. The van der Waals surface area contributed by atoms with Gasteiger partial charge in [-0.3, -0.25) is 0 Å². The van der Waals surface area contributed by atoms with E-state index < -0.39 is 55.3 Å². The van der Waals surface area contributed by atoms with E-state index in [0.29, 0.717) is 6.42 Å². The topological polar surface area (TPSA) is 127 Å². The molecule has 0 bridgehead atoms. The van der Waals surface area contributed by atoms with Crippen LogP contribution in [-0.2, 0) is 23.7 Å². The highest BCUT2D eigenvalue weighted by molar-refractivity contribution is 5.01. The van der Waals surface area contributed by atoms with Crippen LogP contribution in [0.5, 0.6) is 0 Å². The molecule has 0 aromatic rings. The molecule has 0 saturated carbocycles. The van der Waals surface area contributed by atoms with Crippen molar-refractivity contribution in [2.45, 2.75) is 101 Å². The quantitative estimate of drug-likeness (QED) is 0.514. The predicted octanol–water partition coefficient (Wildman–Crippen LogP) is -0.248. The Morgan fingerprint density at radius 2 is 1.56 bits per heavy atom. The Morgan fingerprint density at radius 3 is 2.19 bits per heavy atom. The van der Waals surface area contributed by atoms with Gasteiger partial charge in [0.05, 0.1) is 30.5 Å². The summed E-state index contributed by atoms with van der Waals surface area (Å²) in [6.07, 6.45) is -4.87. The van der Waals surface area contributed by atoms with E-state index in [2.05, 4.69) is 0 Å². The molecule has 3 rings (SSSR count). The first-order valence-electron chi connectivity index (χ1n) is 9.45. The highest BCUT2D eigenvalue weighted by Crippen LogP contribution is 2.30. The molecule has 0 aromatic carbocycles. The molecule has 3 aliphatic heterocycles. The van der Waals surface area contributed by atoms with Gasteiger partial charge in [-0.05, 0) is 20.8 Å². The first-order valence-corrected chi connectivity index (χ1v) is 9.45. The number of aliphatic hydroxyl groups is 4. The van der Waals surface area contributed by atoms with Crippen molar-refractivity contribution in [3.05, 3.63) is 12.0 Å². The number of hydrogen-bond acceptors (Lipinski definition) is 9. The Bertz CT molecular complexity index is 503. The second-order valence-corrected chi connectivity index (χ2v) is 7.58. The number of rotatable bonds is 4. The third-order valence-corrected chi connectivity index (χ3v) is 5.19. The van der Waals surface area contributed by atoms with Gasteiger partial charge in [0.25, 0.3) is 0 Å². The van der Waals surface area contributed by atoms with Gasteiger partial charge in [-0.1, -0.05) is 0 Å². The van der Waals surface area contributed by atoms with Crippen LogP contribution in [0.25, 0.3) is 0 Å². The Morgan fingerprint density at radius 1 is 0.889 bits per heavy atom. The second-order valence-electron chi connectivity index (χ2n) is 7.58. The van der Waals surface area contributed by atoms with Crippen LogP contribution in [0, 0.1) is 0 Å². The Hall–Kier alpha value is -0.940. The van der Waals surface area contributed by atoms with Crippen LogP contribution in [0.4, 0.5) is 0 Å². The molecule has 4 N–H and O–H groups in total. The summed E-state index contributed by atoms with van der Waals surface area (Å²) >= 11 is 0. The molecule has 0 radical (unpaired) electrons. The van der Waals surface area contributed by atoms with Crippen molar-refractivity contribution in [1.82, 2.24) is 0 Å². The summed E-state index contributed by atoms with van der Waals surface area (Å²) < 4.78 is 28.2. The molecule has 3 aliphatic rings. The SMILES string of the molecule is CC1CC(O)C(OC2CC(O)C(OC3CC(O)C(O)C(C)O3)C(C)O2)=CO1. The third-order valence-electron chi connectivity index (χ3n) is 5.19. The summed E-state index contributed by atoms with van der Waals surface area (Å²) in [6.45, 7) is 5.24. The van der Waals surface area contributed by atoms with Gasteiger partial charge in [0.15, 0.2) is 12.0 Å². The fourth-order valence-electron chi connectivity index (χ4n) is 3.59. The minimum absolute atomic E-state index is 0.0892. The lowest BCUT2D eigenvalue weighted by atomic mass is 10.0. The van der Waals surface area contributed by atoms with Crippen LogP contribution in [0.15, 0.2) is 12.0 Å². The summed E-state index contributed by atoms with van der Waals surface area (Å²) in [5, 5.41) is 40.2. The predicted molar refractivity (Wildman–Crippen MR) is 91.1 cm³/mol. The van der Waals surface area contributed by atoms with E-state index in [1.807, 2.05) is 6.92 Å². The number of hydrogen-bond donors (Lipinski definition) is 4. The molecule has 0 amide bonds. The van der Waals surface area contributed by atoms with Crippen molar-refractivity contribution in [2.24, 2.45) is 0 Å². The normalized spacial score (nSPS) is 48.5. The maximum Gasteiger partial charge on any atom is 0.202 e. The van der Waals surface area contributed by atoms with Gasteiger partial charge in [0.1, 0.15) is 24.6 Å². The van der Waals surface area contributed by atoms with E-state index in [9.17, 15) is 20.4 Å². The van der Waals surface area contributed by atoms with Crippen LogP contribution < -0.4 is 0 Å². The van der Waals surface area contributed by atoms with Gasteiger partial charge in [0.2, 0.25) is 6.29 Å². The summed E-state index contributed by atoms with van der Waals surface area (Å²) in [6, 6.07) is 0. The second kappa shape index (κ2) is 8.60. The lowest BCUT2D eigenvalue weighted by Crippen LogP contribution is -2.54. The van der Waals surface area contributed by atoms with E-state index in [1.54, 1.807) is 13.8 Å². The number of ether oxygens (including phenoxy) is 5. The molecule has 3 heterocycles. The zero-order chi connectivity index (χ0) is 19.7. The lowest BCUT2D eigenvalue weighted by Gasteiger charge is -2.42. The van der Waals surface area contributed by atoms with Gasteiger partial charge in [-0.25, -0.2) is 0 Å². The smallest absolute Gasteiger partial charge is 0.202 e. The molecule has 9 heteroatoms. The summed E-state index contributed by atoms with van der Waals surface area (Å²) in [5.74, 6) is 0.276. The monoisotopic (exact) mass is 390 g/mol. The first-order chi connectivity index (χ1) is 12.7. The van der Waals surface area contributed by atoms with Gasteiger partial charge in [0, 0.05) is 19.3 Å². The van der Waals surface area contributed by atoms with E-state index in [-0.39, 0.29) is 24.7 Å². The van der Waals surface area contributed by atoms with E-state index in [0.717, 1.165) is 0 Å². The van der Waals surface area contributed by atoms with E-state index >= 15 is 0 Å². The van der Waals surface area contributed by atoms with Crippen molar-refractivity contribution >= 4 is 0 Å². The van der Waals surface area contributed by atoms with Gasteiger partial charge >= 0.3 is 0 Å². The van der Waals surface area contributed by atoms with Gasteiger partial charge in [-0.15, -0.1) is 0 Å². The average molecular weight is 390 g/mol. The van der Waals surface area contributed by atoms with Crippen molar-refractivity contribution in [1.29, 1.82) is 0 Å². The molecule has 27 heavy (non-hydrogen) atoms. The molecule has 0 aromatic heterocycles. The largest absolute Gasteiger partial charge is 0.495 e. The minimum atomic E-state index is -0.965. The first kappa shape index (κ1) is 20.8. The maximum absolute atomic E-state index is 10.5. The Labute approximate surface area is 158 Å². The standard InChI is InChI=1S/C18H30O9/c1-8-4-11(19)14(7-23-8)26-15-6-13(21)18(10(3)25-15)27-16-5-12(20)17(22)9(2)24-16/h7-13,15-22H,4-6H2,1-3H3. The molecule has 0 spiro atoms. The van der Waals surface area contributed by atoms with Crippen LogP contribution in [-0.4, -0.2) is 81.8 Å². The van der Waals surface area contributed by atoms with Crippen molar-refractivity contribution < 1.29 is 44.1 Å². The molecular weight excluding hydrogens is 360 g/mol. The Balaban J connectivity index is 1.54. The lowest BCUT2D eigenvalue weighted by molar-refractivity contribution is -0.309. The van der Waals surface area contributed by atoms with Crippen molar-refractivity contribution in [3.8, 4) is 0 Å². The highest BCUT2D eigenvalue weighted by Gasteiger charge is 2.42.